The monoisotopic (exact) mass is 510 g/mol. The highest BCUT2D eigenvalue weighted by Gasteiger charge is 2.34. The van der Waals surface area contributed by atoms with Gasteiger partial charge >= 0.3 is 5.97 Å². The summed E-state index contributed by atoms with van der Waals surface area (Å²) in [7, 11) is 0. The van der Waals surface area contributed by atoms with Crippen LogP contribution in [0.3, 0.4) is 0 Å². The van der Waals surface area contributed by atoms with Crippen LogP contribution in [-0.2, 0) is 14.3 Å². The third kappa shape index (κ3) is 10.7. The largest absolute Gasteiger partial charge is 0.462 e. The molecule has 2 aliphatic rings. The first-order chi connectivity index (χ1) is 17.3. The molecule has 1 N–H and O–H groups in total. The Bertz CT molecular complexity index is 716. The lowest BCUT2D eigenvalue weighted by Gasteiger charge is -2.34. The minimum absolute atomic E-state index is 0.0174. The van der Waals surface area contributed by atoms with Gasteiger partial charge in [0.15, 0.2) is 0 Å². The Balaban J connectivity index is 0.00000316. The molecule has 2 saturated carbocycles. The standard InChI is InChI=1S/C29H46F2O3.CH2O/c1-5-6-7-8-22-9-11-24(12-10-22)27(30)28(31)25-15-13-23(14-16-25)26(17-21(4)18-32)19-34-29(33)20(2)3;1-2/h22-26,32H,2,4-19H2,1,3H3;1H2/b28-27+;. The van der Waals surface area contributed by atoms with E-state index in [1.54, 1.807) is 6.92 Å². The van der Waals surface area contributed by atoms with Crippen molar-refractivity contribution < 1.29 is 28.2 Å². The number of ether oxygens (including phenoxy) is 1. The van der Waals surface area contributed by atoms with Gasteiger partial charge in [-0.05, 0) is 82.5 Å². The van der Waals surface area contributed by atoms with Crippen LogP contribution in [0.5, 0.6) is 0 Å². The fourth-order valence-electron chi connectivity index (χ4n) is 5.72. The number of hydrogen-bond donors (Lipinski definition) is 1. The highest BCUT2D eigenvalue weighted by molar-refractivity contribution is 5.86. The number of aliphatic hydroxyl groups is 1. The van der Waals surface area contributed by atoms with Gasteiger partial charge in [-0.25, -0.2) is 13.6 Å². The summed E-state index contributed by atoms with van der Waals surface area (Å²) in [6.07, 6.45) is 11.8. The van der Waals surface area contributed by atoms with E-state index in [4.69, 9.17) is 9.53 Å². The van der Waals surface area contributed by atoms with Crippen molar-refractivity contribution in [2.45, 2.75) is 97.3 Å². The van der Waals surface area contributed by atoms with Crippen molar-refractivity contribution in [3.8, 4) is 0 Å². The SMILES string of the molecule is C=C(CO)CC(COC(=O)C(=C)C)C1CCC(/C(F)=C(\F)C2CCC(CCCCC)CC2)CC1.C=O. The zero-order valence-corrected chi connectivity index (χ0v) is 22.5. The molecule has 0 saturated heterocycles. The van der Waals surface area contributed by atoms with Crippen LogP contribution in [0.4, 0.5) is 8.78 Å². The number of aliphatic hydroxyl groups excluding tert-OH is 1. The summed E-state index contributed by atoms with van der Waals surface area (Å²) < 4.78 is 35.6. The number of carbonyl (C=O) groups excluding carboxylic acids is 2. The molecule has 0 aromatic rings. The molecule has 36 heavy (non-hydrogen) atoms. The Morgan fingerprint density at radius 2 is 1.47 bits per heavy atom. The van der Waals surface area contributed by atoms with Gasteiger partial charge in [0.1, 0.15) is 18.4 Å². The van der Waals surface area contributed by atoms with Crippen molar-refractivity contribution in [1.82, 2.24) is 0 Å². The fourth-order valence-corrected chi connectivity index (χ4v) is 5.72. The van der Waals surface area contributed by atoms with Crippen molar-refractivity contribution in [2.24, 2.45) is 29.6 Å². The summed E-state index contributed by atoms with van der Waals surface area (Å²) in [5.41, 5.74) is 1.04. The van der Waals surface area contributed by atoms with Gasteiger partial charge in [-0.2, -0.15) is 0 Å². The van der Waals surface area contributed by atoms with E-state index in [0.717, 1.165) is 38.5 Å². The minimum atomic E-state index is -0.516. The molecular weight excluding hydrogens is 462 g/mol. The second-order valence-electron chi connectivity index (χ2n) is 10.8. The van der Waals surface area contributed by atoms with Gasteiger partial charge in [0.05, 0.1) is 13.2 Å². The van der Waals surface area contributed by atoms with E-state index in [9.17, 15) is 9.90 Å². The van der Waals surface area contributed by atoms with E-state index in [-0.39, 0.29) is 36.9 Å². The van der Waals surface area contributed by atoms with Gasteiger partial charge in [0.2, 0.25) is 0 Å². The number of rotatable bonds is 13. The van der Waals surface area contributed by atoms with Crippen LogP contribution in [0.25, 0.3) is 0 Å². The molecule has 0 heterocycles. The molecule has 0 aromatic heterocycles. The van der Waals surface area contributed by atoms with E-state index in [1.165, 1.54) is 25.7 Å². The highest BCUT2D eigenvalue weighted by Crippen LogP contribution is 2.43. The number of esters is 1. The zero-order chi connectivity index (χ0) is 27.1. The lowest BCUT2D eigenvalue weighted by Crippen LogP contribution is -2.28. The smallest absolute Gasteiger partial charge is 0.333 e. The van der Waals surface area contributed by atoms with Gasteiger partial charge < -0.3 is 14.6 Å². The van der Waals surface area contributed by atoms with Gasteiger partial charge in [-0.1, -0.05) is 51.3 Å². The summed E-state index contributed by atoms with van der Waals surface area (Å²) in [6, 6.07) is 0. The van der Waals surface area contributed by atoms with Gasteiger partial charge in [-0.3, -0.25) is 0 Å². The second-order valence-corrected chi connectivity index (χ2v) is 10.8. The van der Waals surface area contributed by atoms with E-state index in [2.05, 4.69) is 20.1 Å². The quantitative estimate of drug-likeness (QED) is 0.119. The van der Waals surface area contributed by atoms with E-state index < -0.39 is 17.6 Å². The molecule has 206 valence electrons. The molecule has 0 aliphatic heterocycles. The molecule has 0 radical (unpaired) electrons. The number of carbonyl (C=O) groups is 2. The van der Waals surface area contributed by atoms with Crippen molar-refractivity contribution >= 4 is 12.8 Å². The third-order valence-corrected chi connectivity index (χ3v) is 8.00. The summed E-state index contributed by atoms with van der Waals surface area (Å²) in [5.74, 6) is -1.10. The van der Waals surface area contributed by atoms with Crippen LogP contribution in [-0.4, -0.2) is 31.1 Å². The van der Waals surface area contributed by atoms with Gasteiger partial charge in [0.25, 0.3) is 0 Å². The molecule has 2 rings (SSSR count). The maximum atomic E-state index is 15.1. The minimum Gasteiger partial charge on any atom is -0.462 e. The predicted octanol–water partition coefficient (Wildman–Crippen LogP) is 7.82. The van der Waals surface area contributed by atoms with Crippen molar-refractivity contribution in [2.75, 3.05) is 13.2 Å². The summed E-state index contributed by atoms with van der Waals surface area (Å²) in [5, 5.41) is 9.40. The summed E-state index contributed by atoms with van der Waals surface area (Å²) in [4.78, 5) is 19.8. The summed E-state index contributed by atoms with van der Waals surface area (Å²) >= 11 is 0. The molecule has 6 heteroatoms. The van der Waals surface area contributed by atoms with Crippen LogP contribution in [0, 0.1) is 29.6 Å². The van der Waals surface area contributed by atoms with Crippen LogP contribution in [0.1, 0.15) is 97.3 Å². The van der Waals surface area contributed by atoms with Crippen LogP contribution < -0.4 is 0 Å². The zero-order valence-electron chi connectivity index (χ0n) is 22.5. The second kappa shape index (κ2) is 17.6. The van der Waals surface area contributed by atoms with Gasteiger partial charge in [0, 0.05) is 17.4 Å². The number of unbranched alkanes of at least 4 members (excludes halogenated alkanes) is 2. The normalized spacial score (nSPS) is 25.6. The Morgan fingerprint density at radius 1 is 0.944 bits per heavy atom. The first-order valence-corrected chi connectivity index (χ1v) is 13.7. The number of halogens is 2. The van der Waals surface area contributed by atoms with Crippen LogP contribution >= 0.6 is 0 Å². The maximum Gasteiger partial charge on any atom is 0.333 e. The average Bonchev–Trinajstić information content (AvgIpc) is 2.91. The lowest BCUT2D eigenvalue weighted by atomic mass is 9.73. The summed E-state index contributed by atoms with van der Waals surface area (Å²) in [6.45, 7) is 13.4. The first-order valence-electron chi connectivity index (χ1n) is 13.7. The van der Waals surface area contributed by atoms with Crippen molar-refractivity contribution in [3.05, 3.63) is 36.0 Å². The number of hydrogen-bond acceptors (Lipinski definition) is 4. The molecule has 0 bridgehead atoms. The van der Waals surface area contributed by atoms with Gasteiger partial charge in [-0.15, -0.1) is 0 Å². The Labute approximate surface area is 217 Å². The van der Waals surface area contributed by atoms with Crippen LogP contribution in [0.2, 0.25) is 0 Å². The molecule has 1 unspecified atom stereocenters. The Hall–Kier alpha value is -1.82. The molecule has 2 fully saturated rings. The molecule has 0 aromatic carbocycles. The third-order valence-electron chi connectivity index (χ3n) is 8.00. The average molecular weight is 511 g/mol. The molecular formula is C30H48F2O4. The molecule has 1 atom stereocenters. The molecule has 0 amide bonds. The topological polar surface area (TPSA) is 63.6 Å². The predicted molar refractivity (Wildman–Crippen MR) is 142 cm³/mol. The fraction of sp³-hybridized carbons (Fsp3) is 0.733. The molecule has 0 spiro atoms. The Kier molecular flexibility index (Phi) is 15.7. The van der Waals surface area contributed by atoms with Crippen molar-refractivity contribution in [1.29, 1.82) is 0 Å². The number of allylic oxidation sites excluding steroid dienone is 2. The van der Waals surface area contributed by atoms with E-state index in [0.29, 0.717) is 36.3 Å². The van der Waals surface area contributed by atoms with E-state index >= 15 is 8.78 Å². The molecule has 4 nitrogen and oxygen atoms in total. The first kappa shape index (κ1) is 32.2. The van der Waals surface area contributed by atoms with Crippen molar-refractivity contribution in [3.63, 3.8) is 0 Å². The highest BCUT2D eigenvalue weighted by atomic mass is 19.2. The Morgan fingerprint density at radius 3 is 1.94 bits per heavy atom. The lowest BCUT2D eigenvalue weighted by molar-refractivity contribution is -0.141. The van der Waals surface area contributed by atoms with E-state index in [1.807, 2.05) is 6.79 Å². The molecule has 2 aliphatic carbocycles. The maximum absolute atomic E-state index is 15.1. The van der Waals surface area contributed by atoms with Crippen LogP contribution in [0.15, 0.2) is 36.0 Å².